The molecule has 18 heavy (non-hydrogen) atoms. The molecule has 1 unspecified atom stereocenters. The van der Waals surface area contributed by atoms with Crippen LogP contribution in [0.15, 0.2) is 22.7 Å². The third kappa shape index (κ3) is 4.02. The average molecular weight is 314 g/mol. The third-order valence-corrected chi connectivity index (χ3v) is 3.56. The second-order valence-corrected chi connectivity index (χ2v) is 5.47. The average Bonchev–Trinajstić information content (AvgIpc) is 2.34. The first kappa shape index (κ1) is 15.0. The van der Waals surface area contributed by atoms with Crippen LogP contribution in [0.4, 0.5) is 5.69 Å². The number of hydrogen-bond donors (Lipinski definition) is 1. The molecule has 0 amide bonds. The Labute approximate surface area is 117 Å². The molecule has 3 nitrogen and oxygen atoms in total. The highest BCUT2D eigenvalue weighted by Crippen LogP contribution is 2.24. The van der Waals surface area contributed by atoms with Crippen molar-refractivity contribution in [1.82, 2.24) is 0 Å². The zero-order valence-corrected chi connectivity index (χ0v) is 12.7. The number of benzene rings is 1. The number of aromatic carboxylic acids is 1. The van der Waals surface area contributed by atoms with E-state index in [0.29, 0.717) is 11.5 Å². The van der Waals surface area contributed by atoms with Crippen LogP contribution in [0.2, 0.25) is 0 Å². The molecular weight excluding hydrogens is 294 g/mol. The largest absolute Gasteiger partial charge is 0.478 e. The fourth-order valence-corrected chi connectivity index (χ4v) is 2.28. The molecule has 0 aliphatic carbocycles. The summed E-state index contributed by atoms with van der Waals surface area (Å²) in [6, 6.07) is 5.33. The monoisotopic (exact) mass is 313 g/mol. The van der Waals surface area contributed by atoms with E-state index in [1.54, 1.807) is 12.1 Å². The minimum Gasteiger partial charge on any atom is -0.478 e. The summed E-state index contributed by atoms with van der Waals surface area (Å²) < 4.78 is 0.806. The van der Waals surface area contributed by atoms with Gasteiger partial charge in [-0.05, 0) is 31.0 Å². The molecule has 1 aromatic rings. The summed E-state index contributed by atoms with van der Waals surface area (Å²) in [7, 11) is 0. The molecule has 0 aliphatic heterocycles. The number of nitrogens with zero attached hydrogens (tertiary/aromatic N) is 1. The first-order chi connectivity index (χ1) is 8.47. The Morgan fingerprint density at radius 2 is 2.06 bits per heavy atom. The predicted octanol–water partition coefficient (Wildman–Crippen LogP) is 4.02. The molecule has 0 spiro atoms. The van der Waals surface area contributed by atoms with Gasteiger partial charge in [0.05, 0.1) is 5.56 Å². The van der Waals surface area contributed by atoms with Crippen LogP contribution < -0.4 is 4.90 Å². The van der Waals surface area contributed by atoms with Crippen molar-refractivity contribution in [3.63, 3.8) is 0 Å². The van der Waals surface area contributed by atoms with Crippen molar-refractivity contribution in [2.75, 3.05) is 18.0 Å². The molecular formula is C14H20BrNO2. The number of carboxylic acid groups (broad SMARTS) is 1. The minimum absolute atomic E-state index is 0.321. The molecule has 100 valence electrons. The van der Waals surface area contributed by atoms with E-state index in [0.717, 1.165) is 29.7 Å². The standard InChI is InChI=1S/C14H20BrNO2/c1-4-10(3)9-16(5-2)13-7-11(14(17)18)6-12(15)8-13/h6-8,10H,4-5,9H2,1-3H3,(H,17,18). The fourth-order valence-electron chi connectivity index (χ4n) is 1.80. The van der Waals surface area contributed by atoms with Crippen LogP contribution in [0.25, 0.3) is 0 Å². The molecule has 0 aromatic heterocycles. The van der Waals surface area contributed by atoms with Crippen LogP contribution in [-0.4, -0.2) is 24.2 Å². The topological polar surface area (TPSA) is 40.5 Å². The number of carbonyl (C=O) groups is 1. The summed E-state index contributed by atoms with van der Waals surface area (Å²) in [5.74, 6) is -0.297. The van der Waals surface area contributed by atoms with Crippen LogP contribution in [0.1, 0.15) is 37.6 Å². The SMILES string of the molecule is CCC(C)CN(CC)c1cc(Br)cc(C(=O)O)c1. The van der Waals surface area contributed by atoms with Crippen LogP contribution in [0, 0.1) is 5.92 Å². The number of halogens is 1. The van der Waals surface area contributed by atoms with Gasteiger partial charge in [-0.1, -0.05) is 36.2 Å². The van der Waals surface area contributed by atoms with Gasteiger partial charge in [0.25, 0.3) is 0 Å². The van der Waals surface area contributed by atoms with Crippen molar-refractivity contribution in [1.29, 1.82) is 0 Å². The Morgan fingerprint density at radius 1 is 1.39 bits per heavy atom. The van der Waals surface area contributed by atoms with Gasteiger partial charge < -0.3 is 10.0 Å². The Bertz CT molecular complexity index is 420. The number of hydrogen-bond acceptors (Lipinski definition) is 2. The minimum atomic E-state index is -0.892. The molecule has 1 atom stereocenters. The summed E-state index contributed by atoms with van der Waals surface area (Å²) in [6.45, 7) is 8.28. The highest BCUT2D eigenvalue weighted by atomic mass is 79.9. The number of carboxylic acids is 1. The zero-order chi connectivity index (χ0) is 13.7. The Morgan fingerprint density at radius 3 is 2.56 bits per heavy atom. The first-order valence-electron chi connectivity index (χ1n) is 6.26. The lowest BCUT2D eigenvalue weighted by atomic mass is 10.1. The second kappa shape index (κ2) is 6.78. The van der Waals surface area contributed by atoms with Gasteiger partial charge in [0.15, 0.2) is 0 Å². The van der Waals surface area contributed by atoms with Gasteiger partial charge >= 0.3 is 5.97 Å². The summed E-state index contributed by atoms with van der Waals surface area (Å²) in [6.07, 6.45) is 1.12. The van der Waals surface area contributed by atoms with Crippen LogP contribution in [-0.2, 0) is 0 Å². The molecule has 1 aromatic carbocycles. The van der Waals surface area contributed by atoms with E-state index in [1.807, 2.05) is 6.07 Å². The van der Waals surface area contributed by atoms with E-state index in [-0.39, 0.29) is 0 Å². The van der Waals surface area contributed by atoms with Crippen LogP contribution in [0.3, 0.4) is 0 Å². The molecule has 4 heteroatoms. The Balaban J connectivity index is 3.01. The van der Waals surface area contributed by atoms with Gasteiger partial charge in [-0.15, -0.1) is 0 Å². The van der Waals surface area contributed by atoms with Gasteiger partial charge in [-0.3, -0.25) is 0 Å². The maximum absolute atomic E-state index is 11.1. The van der Waals surface area contributed by atoms with Gasteiger partial charge in [0.1, 0.15) is 0 Å². The molecule has 0 fully saturated rings. The fraction of sp³-hybridized carbons (Fsp3) is 0.500. The van der Waals surface area contributed by atoms with Crippen LogP contribution >= 0.6 is 15.9 Å². The lowest BCUT2D eigenvalue weighted by Crippen LogP contribution is -2.28. The quantitative estimate of drug-likeness (QED) is 0.862. The highest BCUT2D eigenvalue weighted by molar-refractivity contribution is 9.10. The maximum atomic E-state index is 11.1. The van der Waals surface area contributed by atoms with Crippen molar-refractivity contribution in [3.8, 4) is 0 Å². The van der Waals surface area contributed by atoms with E-state index >= 15 is 0 Å². The van der Waals surface area contributed by atoms with E-state index in [1.165, 1.54) is 0 Å². The molecule has 0 bridgehead atoms. The maximum Gasteiger partial charge on any atom is 0.335 e. The Hall–Kier alpha value is -1.03. The summed E-state index contributed by atoms with van der Waals surface area (Å²) in [5.41, 5.74) is 1.28. The lowest BCUT2D eigenvalue weighted by Gasteiger charge is -2.26. The molecule has 0 heterocycles. The van der Waals surface area contributed by atoms with Gasteiger partial charge in [-0.2, -0.15) is 0 Å². The smallest absolute Gasteiger partial charge is 0.335 e. The predicted molar refractivity (Wildman–Crippen MR) is 78.4 cm³/mol. The van der Waals surface area contributed by atoms with E-state index in [9.17, 15) is 4.79 Å². The second-order valence-electron chi connectivity index (χ2n) is 4.56. The summed E-state index contributed by atoms with van der Waals surface area (Å²) >= 11 is 3.37. The first-order valence-corrected chi connectivity index (χ1v) is 7.06. The van der Waals surface area contributed by atoms with Crippen molar-refractivity contribution in [2.24, 2.45) is 5.92 Å². The van der Waals surface area contributed by atoms with Crippen molar-refractivity contribution in [3.05, 3.63) is 28.2 Å². The summed E-state index contributed by atoms with van der Waals surface area (Å²) in [4.78, 5) is 13.3. The van der Waals surface area contributed by atoms with E-state index < -0.39 is 5.97 Å². The van der Waals surface area contributed by atoms with E-state index in [2.05, 4.69) is 41.6 Å². The van der Waals surface area contributed by atoms with E-state index in [4.69, 9.17) is 5.11 Å². The molecule has 0 saturated heterocycles. The molecule has 0 saturated carbocycles. The highest BCUT2D eigenvalue weighted by Gasteiger charge is 2.12. The summed E-state index contributed by atoms with van der Waals surface area (Å²) in [5, 5.41) is 9.08. The molecule has 1 N–H and O–H groups in total. The molecule has 0 aliphatic rings. The van der Waals surface area contributed by atoms with Crippen LogP contribution in [0.5, 0.6) is 0 Å². The molecule has 0 radical (unpaired) electrons. The molecule has 1 rings (SSSR count). The number of rotatable bonds is 6. The zero-order valence-electron chi connectivity index (χ0n) is 11.1. The lowest BCUT2D eigenvalue weighted by molar-refractivity contribution is 0.0697. The van der Waals surface area contributed by atoms with Gasteiger partial charge in [-0.25, -0.2) is 4.79 Å². The Kier molecular flexibility index (Phi) is 5.66. The van der Waals surface area contributed by atoms with Crippen molar-refractivity contribution < 1.29 is 9.90 Å². The normalized spacial score (nSPS) is 12.2. The van der Waals surface area contributed by atoms with Gasteiger partial charge in [0.2, 0.25) is 0 Å². The van der Waals surface area contributed by atoms with Gasteiger partial charge in [0, 0.05) is 23.2 Å². The number of anilines is 1. The van der Waals surface area contributed by atoms with Crippen molar-refractivity contribution in [2.45, 2.75) is 27.2 Å². The van der Waals surface area contributed by atoms with Crippen molar-refractivity contribution >= 4 is 27.6 Å². The third-order valence-electron chi connectivity index (χ3n) is 3.11.